The van der Waals surface area contributed by atoms with E-state index in [-0.39, 0.29) is 18.4 Å². The van der Waals surface area contributed by atoms with Gasteiger partial charge < -0.3 is 10.2 Å². The van der Waals surface area contributed by atoms with Crippen LogP contribution in [0.15, 0.2) is 24.3 Å². The van der Waals surface area contributed by atoms with Gasteiger partial charge in [-0.3, -0.25) is 14.0 Å². The molecule has 1 atom stereocenters. The lowest BCUT2D eigenvalue weighted by atomic mass is 9.99. The van der Waals surface area contributed by atoms with Crippen LogP contribution in [0.25, 0.3) is 0 Å². The Kier molecular flexibility index (Phi) is 8.26. The molecule has 1 aromatic rings. The molecule has 31 heavy (non-hydrogen) atoms. The van der Waals surface area contributed by atoms with E-state index >= 15 is 0 Å². The van der Waals surface area contributed by atoms with E-state index in [2.05, 4.69) is 22.0 Å². The first kappa shape index (κ1) is 23.9. The van der Waals surface area contributed by atoms with Gasteiger partial charge in [-0.25, -0.2) is 4.39 Å². The summed E-state index contributed by atoms with van der Waals surface area (Å²) < 4.78 is 41.7. The van der Waals surface area contributed by atoms with Crippen LogP contribution in [0, 0.1) is 11.7 Å². The van der Waals surface area contributed by atoms with Gasteiger partial charge in [0.15, 0.2) is 0 Å². The number of piperazine rings is 1. The average Bonchev–Trinajstić information content (AvgIpc) is 2.79. The van der Waals surface area contributed by atoms with E-state index < -0.39 is 16.0 Å². The highest BCUT2D eigenvalue weighted by molar-refractivity contribution is 7.90. The summed E-state index contributed by atoms with van der Waals surface area (Å²) >= 11 is 0. The van der Waals surface area contributed by atoms with Crippen molar-refractivity contribution < 1.29 is 17.6 Å². The maximum atomic E-state index is 13.2. The van der Waals surface area contributed by atoms with Gasteiger partial charge in [0.05, 0.1) is 11.6 Å². The van der Waals surface area contributed by atoms with Gasteiger partial charge in [0.1, 0.15) is 5.82 Å². The zero-order chi connectivity index (χ0) is 22.4. The Bertz CT molecular complexity index is 828. The minimum absolute atomic E-state index is 0.0865. The number of rotatable bonds is 8. The highest BCUT2D eigenvalue weighted by atomic mass is 32.2. The standard InChI is InChI=1S/C21H34FN5O3S/c1-3-25-13-15-26(16-14-25)12-10-23-21(28)18-5-4-11-27(17-18)31(29,30)24(2)20-8-6-19(22)7-9-20/h6-9,18H,3-5,10-17H2,1-2H3,(H,23,28)/t18-/m0/s1. The highest BCUT2D eigenvalue weighted by Crippen LogP contribution is 2.24. The largest absolute Gasteiger partial charge is 0.355 e. The number of benzene rings is 1. The van der Waals surface area contributed by atoms with Crippen LogP contribution in [0.4, 0.5) is 10.1 Å². The van der Waals surface area contributed by atoms with Crippen LogP contribution in [0.2, 0.25) is 0 Å². The van der Waals surface area contributed by atoms with Crippen molar-refractivity contribution in [2.45, 2.75) is 19.8 Å². The molecule has 1 aromatic carbocycles. The van der Waals surface area contributed by atoms with Crippen molar-refractivity contribution in [2.24, 2.45) is 5.92 Å². The molecule has 8 nitrogen and oxygen atoms in total. The molecule has 0 aliphatic carbocycles. The summed E-state index contributed by atoms with van der Waals surface area (Å²) in [5.41, 5.74) is 0.385. The van der Waals surface area contributed by atoms with Crippen molar-refractivity contribution in [3.05, 3.63) is 30.1 Å². The quantitative estimate of drug-likeness (QED) is 0.632. The fourth-order valence-corrected chi connectivity index (χ4v) is 5.60. The van der Waals surface area contributed by atoms with E-state index in [0.717, 1.165) is 43.6 Å². The first-order valence-electron chi connectivity index (χ1n) is 11.0. The third kappa shape index (κ3) is 6.15. The Labute approximate surface area is 185 Å². The van der Waals surface area contributed by atoms with Gasteiger partial charge in [-0.15, -0.1) is 0 Å². The third-order valence-electron chi connectivity index (χ3n) is 6.26. The maximum Gasteiger partial charge on any atom is 0.303 e. The monoisotopic (exact) mass is 455 g/mol. The number of amides is 1. The molecule has 0 radical (unpaired) electrons. The number of likely N-dealkylation sites (N-methyl/N-ethyl adjacent to an activating group) is 1. The first-order valence-corrected chi connectivity index (χ1v) is 12.4. The number of halogens is 1. The summed E-state index contributed by atoms with van der Waals surface area (Å²) in [5.74, 6) is -0.866. The Morgan fingerprint density at radius 1 is 1.13 bits per heavy atom. The van der Waals surface area contributed by atoms with Gasteiger partial charge in [0.25, 0.3) is 0 Å². The van der Waals surface area contributed by atoms with E-state index in [4.69, 9.17) is 0 Å². The van der Waals surface area contributed by atoms with E-state index in [9.17, 15) is 17.6 Å². The van der Waals surface area contributed by atoms with Crippen molar-refractivity contribution in [2.75, 3.05) is 70.3 Å². The summed E-state index contributed by atoms with van der Waals surface area (Å²) in [6.07, 6.45) is 1.31. The smallest absolute Gasteiger partial charge is 0.303 e. The van der Waals surface area contributed by atoms with E-state index in [1.165, 1.54) is 35.6 Å². The summed E-state index contributed by atoms with van der Waals surface area (Å²) in [4.78, 5) is 17.4. The molecular weight excluding hydrogens is 421 g/mol. The van der Waals surface area contributed by atoms with E-state index in [1.54, 1.807) is 0 Å². The minimum atomic E-state index is -3.79. The lowest BCUT2D eigenvalue weighted by Crippen LogP contribution is -2.51. The molecule has 0 bridgehead atoms. The summed E-state index contributed by atoms with van der Waals surface area (Å²) in [7, 11) is -2.34. The molecule has 3 rings (SSSR count). The SMILES string of the molecule is CCN1CCN(CCNC(=O)[C@H]2CCCN(S(=O)(=O)N(C)c3ccc(F)cc3)C2)CC1. The molecule has 2 aliphatic rings. The fraction of sp³-hybridized carbons (Fsp3) is 0.667. The lowest BCUT2D eigenvalue weighted by molar-refractivity contribution is -0.126. The van der Waals surface area contributed by atoms with Gasteiger partial charge >= 0.3 is 10.2 Å². The van der Waals surface area contributed by atoms with Crippen molar-refractivity contribution in [3.63, 3.8) is 0 Å². The van der Waals surface area contributed by atoms with Gasteiger partial charge in [0, 0.05) is 59.4 Å². The van der Waals surface area contributed by atoms with Gasteiger partial charge in [-0.05, 0) is 43.7 Å². The highest BCUT2D eigenvalue weighted by Gasteiger charge is 2.34. The van der Waals surface area contributed by atoms with Crippen LogP contribution in [-0.2, 0) is 15.0 Å². The van der Waals surface area contributed by atoms with Crippen molar-refractivity contribution in [1.82, 2.24) is 19.4 Å². The Morgan fingerprint density at radius 2 is 1.77 bits per heavy atom. The normalized spacial score (nSPS) is 21.7. The molecule has 174 valence electrons. The number of hydrogen-bond acceptors (Lipinski definition) is 5. The Hall–Kier alpha value is -1.75. The summed E-state index contributed by atoms with van der Waals surface area (Å²) in [6.45, 7) is 9.29. The van der Waals surface area contributed by atoms with Gasteiger partial charge in [-0.1, -0.05) is 6.92 Å². The summed E-state index contributed by atoms with van der Waals surface area (Å²) in [5, 5.41) is 2.99. The number of nitrogens with zero attached hydrogens (tertiary/aromatic N) is 4. The topological polar surface area (TPSA) is 76.2 Å². The number of hydrogen-bond donors (Lipinski definition) is 1. The second-order valence-electron chi connectivity index (χ2n) is 8.22. The summed E-state index contributed by atoms with van der Waals surface area (Å²) in [6, 6.07) is 5.33. The van der Waals surface area contributed by atoms with Crippen molar-refractivity contribution in [1.29, 1.82) is 0 Å². The average molecular weight is 456 g/mol. The predicted octanol–water partition coefficient (Wildman–Crippen LogP) is 0.972. The van der Waals surface area contributed by atoms with Crippen LogP contribution in [0.3, 0.4) is 0 Å². The molecule has 2 aliphatic heterocycles. The Balaban J connectivity index is 1.50. The van der Waals surface area contributed by atoms with Crippen LogP contribution in [0.1, 0.15) is 19.8 Å². The Morgan fingerprint density at radius 3 is 2.42 bits per heavy atom. The predicted molar refractivity (Wildman–Crippen MR) is 120 cm³/mol. The third-order valence-corrected chi connectivity index (χ3v) is 8.14. The van der Waals surface area contributed by atoms with Gasteiger partial charge in [0.2, 0.25) is 5.91 Å². The second kappa shape index (κ2) is 10.7. The van der Waals surface area contributed by atoms with E-state index in [0.29, 0.717) is 31.6 Å². The molecule has 0 aromatic heterocycles. The number of piperidine rings is 1. The first-order chi connectivity index (χ1) is 14.8. The maximum absolute atomic E-state index is 13.2. The molecule has 2 fully saturated rings. The molecule has 0 unspecified atom stereocenters. The van der Waals surface area contributed by atoms with Crippen LogP contribution < -0.4 is 9.62 Å². The molecular formula is C21H34FN5O3S. The molecule has 10 heteroatoms. The number of anilines is 1. The lowest BCUT2D eigenvalue weighted by Gasteiger charge is -2.35. The minimum Gasteiger partial charge on any atom is -0.355 e. The van der Waals surface area contributed by atoms with Crippen molar-refractivity contribution in [3.8, 4) is 0 Å². The second-order valence-corrected chi connectivity index (χ2v) is 10.2. The van der Waals surface area contributed by atoms with Gasteiger partial charge in [-0.2, -0.15) is 12.7 Å². The molecule has 0 saturated carbocycles. The zero-order valence-corrected chi connectivity index (χ0v) is 19.3. The number of carbonyl (C=O) groups is 1. The molecule has 1 N–H and O–H groups in total. The molecule has 0 spiro atoms. The number of nitrogens with one attached hydrogen (secondary N) is 1. The number of carbonyl (C=O) groups excluding carboxylic acids is 1. The molecule has 2 saturated heterocycles. The fourth-order valence-electron chi connectivity index (χ4n) is 4.13. The molecule has 2 heterocycles. The zero-order valence-electron chi connectivity index (χ0n) is 18.5. The van der Waals surface area contributed by atoms with Crippen LogP contribution in [0.5, 0.6) is 0 Å². The molecule has 1 amide bonds. The van der Waals surface area contributed by atoms with E-state index in [1.807, 2.05) is 0 Å². The van der Waals surface area contributed by atoms with Crippen LogP contribution >= 0.6 is 0 Å². The van der Waals surface area contributed by atoms with Crippen molar-refractivity contribution >= 4 is 21.8 Å². The van der Waals surface area contributed by atoms with Crippen LogP contribution in [-0.4, -0.2) is 94.4 Å².